The Hall–Kier alpha value is -3.49. The summed E-state index contributed by atoms with van der Waals surface area (Å²) in [6.45, 7) is 4.42. The Morgan fingerprint density at radius 3 is 1.82 bits per heavy atom. The molecule has 2 atom stereocenters. The van der Waals surface area contributed by atoms with Crippen molar-refractivity contribution in [1.29, 1.82) is 0 Å². The van der Waals surface area contributed by atoms with Crippen LogP contribution in [0, 0.1) is 0 Å². The van der Waals surface area contributed by atoms with Crippen molar-refractivity contribution in [3.63, 3.8) is 0 Å². The molecular weight excluding hydrogens is 642 g/mol. The van der Waals surface area contributed by atoms with Crippen molar-refractivity contribution in [2.75, 3.05) is 41.0 Å². The summed E-state index contributed by atoms with van der Waals surface area (Å²) < 4.78 is 17.1. The second-order valence-electron chi connectivity index (χ2n) is 13.6. The lowest BCUT2D eigenvalue weighted by atomic mass is 10.1. The topological polar surface area (TPSA) is 99.1 Å². The molecule has 0 fully saturated rings. The van der Waals surface area contributed by atoms with Crippen molar-refractivity contribution in [3.8, 4) is 0 Å². The maximum atomic E-state index is 12.6. The van der Waals surface area contributed by atoms with Crippen molar-refractivity contribution in [2.45, 2.75) is 129 Å². The number of esters is 2. The van der Waals surface area contributed by atoms with E-state index in [-0.39, 0.29) is 42.7 Å². The van der Waals surface area contributed by atoms with Gasteiger partial charge < -0.3 is 23.8 Å². The molecule has 0 aliphatic carbocycles. The molecule has 0 bridgehead atoms. The lowest BCUT2D eigenvalue weighted by molar-refractivity contribution is -0.887. The average Bonchev–Trinajstić information content (AvgIpc) is 3.08. The fourth-order valence-corrected chi connectivity index (χ4v) is 4.92. The molecule has 0 rings (SSSR count). The third-order valence-corrected chi connectivity index (χ3v) is 7.89. The second-order valence-corrected chi connectivity index (χ2v) is 13.6. The van der Waals surface area contributed by atoms with Crippen LogP contribution in [-0.4, -0.2) is 80.6 Å². The lowest BCUT2D eigenvalue weighted by Crippen LogP contribution is -2.50. The fraction of sp³-hybridized carbons (Fsp3) is 0.605. The first-order chi connectivity index (χ1) is 24.6. The van der Waals surface area contributed by atoms with E-state index < -0.39 is 18.1 Å². The quantitative estimate of drug-likeness (QED) is 0.0244. The Morgan fingerprint density at radius 1 is 0.627 bits per heavy atom. The Morgan fingerprint density at radius 2 is 1.18 bits per heavy atom. The van der Waals surface area contributed by atoms with Crippen molar-refractivity contribution < 1.29 is 38.2 Å². The number of rotatable bonds is 32. The number of quaternary nitrogens is 1. The molecule has 1 N–H and O–H groups in total. The van der Waals surface area contributed by atoms with Crippen molar-refractivity contribution >= 4 is 17.9 Å². The summed E-state index contributed by atoms with van der Waals surface area (Å²) in [6.07, 6.45) is 42.1. The van der Waals surface area contributed by atoms with Gasteiger partial charge in [-0.25, -0.2) is 4.79 Å². The molecule has 288 valence electrons. The zero-order chi connectivity index (χ0) is 37.8. The number of unbranched alkanes of at least 4 members (excludes halogenated alkanes) is 8. The highest BCUT2D eigenvalue weighted by molar-refractivity contribution is 5.72. The number of hydrogen-bond donors (Lipinski definition) is 1. The van der Waals surface area contributed by atoms with Crippen LogP contribution in [0.2, 0.25) is 0 Å². The normalized spacial score (nSPS) is 14.0. The van der Waals surface area contributed by atoms with Gasteiger partial charge in [-0.2, -0.15) is 0 Å². The number of carbonyl (C=O) groups is 3. The first-order valence-electron chi connectivity index (χ1n) is 19.2. The summed E-state index contributed by atoms with van der Waals surface area (Å²) in [5.74, 6) is -1.57. The number of aliphatic carboxylic acids is 1. The Kier molecular flexibility index (Phi) is 31.3. The average molecular weight is 713 g/mol. The van der Waals surface area contributed by atoms with Gasteiger partial charge in [-0.1, -0.05) is 125 Å². The Labute approximate surface area is 310 Å². The van der Waals surface area contributed by atoms with Crippen LogP contribution in [0.3, 0.4) is 0 Å². The second kappa shape index (κ2) is 33.6. The monoisotopic (exact) mass is 713 g/mol. The SMILES string of the molecule is CC/C=C/C/C=C/CCCCC(=O)OC(COCCC(C(=O)O)[N+](C)(C)C)COC(=O)CCCCCCC/C=C/C=C/C=C/C=C/C=C/CCC. The largest absolute Gasteiger partial charge is 0.477 e. The molecule has 0 amide bonds. The highest BCUT2D eigenvalue weighted by Gasteiger charge is 2.31. The van der Waals surface area contributed by atoms with Gasteiger partial charge in [0.1, 0.15) is 6.61 Å². The first kappa shape index (κ1) is 47.5. The number of likely N-dealkylation sites (N-methyl/N-ethyl adjacent to an activating group) is 1. The lowest BCUT2D eigenvalue weighted by Gasteiger charge is -2.31. The number of carbonyl (C=O) groups excluding carboxylic acids is 2. The van der Waals surface area contributed by atoms with Gasteiger partial charge in [-0.15, -0.1) is 0 Å². The number of allylic oxidation sites excluding steroid dienone is 14. The van der Waals surface area contributed by atoms with E-state index in [4.69, 9.17) is 14.2 Å². The van der Waals surface area contributed by atoms with E-state index in [0.717, 1.165) is 70.6 Å². The van der Waals surface area contributed by atoms with Gasteiger partial charge in [0.05, 0.1) is 34.4 Å². The number of carboxylic acids is 1. The van der Waals surface area contributed by atoms with E-state index in [9.17, 15) is 19.5 Å². The molecule has 8 nitrogen and oxygen atoms in total. The van der Waals surface area contributed by atoms with Crippen LogP contribution in [-0.2, 0) is 28.6 Å². The van der Waals surface area contributed by atoms with E-state index in [1.165, 1.54) is 6.42 Å². The minimum atomic E-state index is -0.890. The molecule has 0 saturated heterocycles. The van der Waals surface area contributed by atoms with Gasteiger partial charge in [0, 0.05) is 19.3 Å². The summed E-state index contributed by atoms with van der Waals surface area (Å²) in [5, 5.41) is 9.57. The molecule has 8 heteroatoms. The molecule has 0 aromatic carbocycles. The van der Waals surface area contributed by atoms with Crippen LogP contribution in [0.5, 0.6) is 0 Å². The predicted octanol–water partition coefficient (Wildman–Crippen LogP) is 9.79. The minimum absolute atomic E-state index is 0.0335. The summed E-state index contributed by atoms with van der Waals surface area (Å²) in [5.41, 5.74) is 0. The van der Waals surface area contributed by atoms with E-state index in [2.05, 4.69) is 62.5 Å². The molecule has 51 heavy (non-hydrogen) atoms. The molecule has 0 radical (unpaired) electrons. The molecule has 0 spiro atoms. The third kappa shape index (κ3) is 32.2. The van der Waals surface area contributed by atoms with E-state index in [0.29, 0.717) is 19.3 Å². The van der Waals surface area contributed by atoms with Crippen molar-refractivity contribution in [3.05, 3.63) is 85.1 Å². The van der Waals surface area contributed by atoms with E-state index in [1.807, 2.05) is 57.6 Å². The van der Waals surface area contributed by atoms with Gasteiger partial charge in [0.2, 0.25) is 0 Å². The molecule has 0 saturated carbocycles. The summed E-state index contributed by atoms with van der Waals surface area (Å²) in [6, 6.07) is -0.627. The van der Waals surface area contributed by atoms with Crippen LogP contribution in [0.1, 0.15) is 117 Å². The first-order valence-corrected chi connectivity index (χ1v) is 19.2. The number of nitrogens with zero attached hydrogens (tertiary/aromatic N) is 1. The summed E-state index contributed by atoms with van der Waals surface area (Å²) in [7, 11) is 5.48. The number of hydrogen-bond acceptors (Lipinski definition) is 6. The number of carboxylic acid groups (broad SMARTS) is 1. The maximum absolute atomic E-state index is 12.6. The van der Waals surface area contributed by atoms with Crippen LogP contribution < -0.4 is 0 Å². The maximum Gasteiger partial charge on any atom is 0.362 e. The Balaban J connectivity index is 4.47. The highest BCUT2D eigenvalue weighted by atomic mass is 16.6. The van der Waals surface area contributed by atoms with Gasteiger partial charge in [-0.3, -0.25) is 9.59 Å². The molecule has 0 aromatic heterocycles. The molecule has 0 aromatic rings. The molecule has 2 unspecified atom stereocenters. The number of ether oxygens (including phenoxy) is 3. The van der Waals surface area contributed by atoms with Crippen molar-refractivity contribution in [1.82, 2.24) is 0 Å². The van der Waals surface area contributed by atoms with Crippen LogP contribution >= 0.6 is 0 Å². The zero-order valence-corrected chi connectivity index (χ0v) is 32.5. The minimum Gasteiger partial charge on any atom is -0.477 e. The van der Waals surface area contributed by atoms with E-state index in [1.54, 1.807) is 0 Å². The zero-order valence-electron chi connectivity index (χ0n) is 32.5. The van der Waals surface area contributed by atoms with Crippen LogP contribution in [0.25, 0.3) is 0 Å². The summed E-state index contributed by atoms with van der Waals surface area (Å²) >= 11 is 0. The van der Waals surface area contributed by atoms with Crippen LogP contribution in [0.4, 0.5) is 0 Å². The van der Waals surface area contributed by atoms with Crippen molar-refractivity contribution in [2.24, 2.45) is 0 Å². The molecule has 0 aliphatic rings. The third-order valence-electron chi connectivity index (χ3n) is 7.89. The van der Waals surface area contributed by atoms with Crippen LogP contribution in [0.15, 0.2) is 85.1 Å². The molecular formula is C43H70NO7+. The standard InChI is InChI=1S/C43H69NO7/c1-6-8-10-12-14-16-17-18-19-20-21-22-23-24-26-27-29-31-33-41(45)50-38-39(37-49-36-35-40(43(47)48)44(3,4)5)51-42(46)34-32-30-28-25-15-13-11-9-7-2/h9-12,14-22,25,39-40H,6-8,13,23-24,26-38H2,1-5H3/p+1/b11-9+,12-10+,16-14+,18-17+,20-19+,22-21+,25-15+. The Bertz CT molecular complexity index is 1110. The van der Waals surface area contributed by atoms with Gasteiger partial charge in [0.25, 0.3) is 0 Å². The van der Waals surface area contributed by atoms with Gasteiger partial charge >= 0.3 is 17.9 Å². The molecule has 0 heterocycles. The van der Waals surface area contributed by atoms with E-state index >= 15 is 0 Å². The van der Waals surface area contributed by atoms with Gasteiger partial charge in [0.15, 0.2) is 12.1 Å². The molecule has 0 aliphatic heterocycles. The van der Waals surface area contributed by atoms with Gasteiger partial charge in [-0.05, 0) is 57.8 Å². The highest BCUT2D eigenvalue weighted by Crippen LogP contribution is 2.11. The summed E-state index contributed by atoms with van der Waals surface area (Å²) in [4.78, 5) is 36.7. The predicted molar refractivity (Wildman–Crippen MR) is 210 cm³/mol. The smallest absolute Gasteiger partial charge is 0.362 e. The fourth-order valence-electron chi connectivity index (χ4n) is 4.92.